The van der Waals surface area contributed by atoms with Gasteiger partial charge in [-0.2, -0.15) is 0 Å². The van der Waals surface area contributed by atoms with Gasteiger partial charge in [-0.15, -0.1) is 0 Å². The molecule has 0 aliphatic carbocycles. The van der Waals surface area contributed by atoms with E-state index in [9.17, 15) is 0 Å². The Bertz CT molecular complexity index is 294. The Labute approximate surface area is 87.7 Å². The van der Waals surface area contributed by atoms with Gasteiger partial charge in [0, 0.05) is 0 Å². The monoisotopic (exact) mass is 190 g/mol. The van der Waals surface area contributed by atoms with Gasteiger partial charge in [0.15, 0.2) is 0 Å². The number of ether oxygens (including phenoxy) is 1. The van der Waals surface area contributed by atoms with Gasteiger partial charge in [0.05, 0.1) is 0 Å². The van der Waals surface area contributed by atoms with Gasteiger partial charge in [-0.25, -0.2) is 0 Å². The van der Waals surface area contributed by atoms with Gasteiger partial charge in [0.2, 0.25) is 0 Å². The third-order valence-corrected chi connectivity index (χ3v) is 2.33. The van der Waals surface area contributed by atoms with Crippen molar-refractivity contribution in [3.05, 3.63) is 23.2 Å². The van der Waals surface area contributed by atoms with E-state index in [1.807, 2.05) is 0 Å². The molecule has 1 nitrogen and oxygen atoms in total. The summed E-state index contributed by atoms with van der Waals surface area (Å²) in [5.74, 6) is 2.08. The van der Waals surface area contributed by atoms with E-state index >= 15 is 0 Å². The Kier molecular flexibility index (Phi) is 4.18. The molecule has 0 aliphatic heterocycles. The normalized spacial score (nSPS) is 10.4. The molecule has 0 spiro atoms. The van der Waals surface area contributed by atoms with Crippen LogP contribution in [0.5, 0.6) is 5.64 Å². The second kappa shape index (κ2) is 5.18. The third kappa shape index (κ3) is 2.60. The summed E-state index contributed by atoms with van der Waals surface area (Å²) in [6.07, 6.45) is 2.39. The van der Waals surface area contributed by atoms with Crippen LogP contribution in [0, 0.1) is 0 Å². The van der Waals surface area contributed by atoms with Gasteiger partial charge in [-0.3, -0.25) is 0 Å². The zero-order valence-corrected chi connectivity index (χ0v) is 9.63. The zero-order valence-electron chi connectivity index (χ0n) is 9.63. The van der Waals surface area contributed by atoms with E-state index in [1.54, 1.807) is 0 Å². The fourth-order valence-corrected chi connectivity index (χ4v) is 1.71. The second-order valence-electron chi connectivity index (χ2n) is 3.77. The third-order valence-electron chi connectivity index (χ3n) is 2.33. The molecule has 2 heteroatoms. The topological polar surface area (TPSA) is 9.23 Å². The Morgan fingerprint density at radius 2 is 2.00 bits per heavy atom. The maximum atomic E-state index is 5.78. The molecule has 14 heavy (non-hydrogen) atoms. The van der Waals surface area contributed by atoms with Gasteiger partial charge in [0.25, 0.3) is 0 Å². The van der Waals surface area contributed by atoms with Crippen LogP contribution >= 0.6 is 0 Å². The van der Waals surface area contributed by atoms with Crippen molar-refractivity contribution in [2.75, 3.05) is 0 Å². The molecule has 0 bridgehead atoms. The van der Waals surface area contributed by atoms with Crippen molar-refractivity contribution >= 4 is 6.91 Å². The average molecular weight is 190 g/mol. The standard InChI is InChI=1S/C12H19BO/c1-5-10-7-8-13-12(11(10)6-2)14-9(3)4/h7-9H,5-6H2,1-4H3. The van der Waals surface area contributed by atoms with Crippen LogP contribution in [0.3, 0.4) is 0 Å². The zero-order chi connectivity index (χ0) is 10.6. The van der Waals surface area contributed by atoms with Crippen molar-refractivity contribution in [1.82, 2.24) is 0 Å². The summed E-state index contributed by atoms with van der Waals surface area (Å²) in [7, 11) is 0. The summed E-state index contributed by atoms with van der Waals surface area (Å²) in [5.41, 5.74) is 3.83. The summed E-state index contributed by atoms with van der Waals surface area (Å²) < 4.78 is 5.78. The van der Waals surface area contributed by atoms with Crippen LogP contribution in [0.15, 0.2) is 12.0 Å². The Morgan fingerprint density at radius 3 is 2.50 bits per heavy atom. The Balaban J connectivity index is 3.02. The van der Waals surface area contributed by atoms with Gasteiger partial charge < -0.3 is 0 Å². The summed E-state index contributed by atoms with van der Waals surface area (Å²) in [5, 5.41) is 0. The minimum atomic E-state index is 0.257. The minimum absolute atomic E-state index is 0.257. The Morgan fingerprint density at radius 1 is 1.29 bits per heavy atom. The molecule has 0 radical (unpaired) electrons. The summed E-state index contributed by atoms with van der Waals surface area (Å²) in [6, 6.07) is 2.19. The first-order valence-electron chi connectivity index (χ1n) is 5.46. The molecule has 1 rings (SSSR count). The molecule has 0 saturated heterocycles. The Hall–Kier alpha value is -0.785. The number of aryl methyl sites for hydroxylation is 1. The van der Waals surface area contributed by atoms with E-state index in [4.69, 9.17) is 4.74 Å². The number of rotatable bonds is 4. The first-order chi connectivity index (χ1) is 6.69. The van der Waals surface area contributed by atoms with Crippen LogP contribution in [0.25, 0.3) is 0 Å². The first-order valence-corrected chi connectivity index (χ1v) is 5.46. The SMILES string of the molecule is CCc1ccbc(OC(C)C)c1CC. The molecule has 0 aromatic carbocycles. The molecule has 76 valence electrons. The van der Waals surface area contributed by atoms with Crippen molar-refractivity contribution in [3.8, 4) is 5.64 Å². The molecule has 0 fully saturated rings. The molecule has 1 aromatic heterocycles. The van der Waals surface area contributed by atoms with Gasteiger partial charge >= 0.3 is 87.1 Å². The molecular weight excluding hydrogens is 171 g/mol. The molecule has 0 unspecified atom stereocenters. The molecule has 0 N–H and O–H groups in total. The maximum absolute atomic E-state index is 5.78. The molecule has 0 saturated carbocycles. The van der Waals surface area contributed by atoms with Crippen molar-refractivity contribution in [2.45, 2.75) is 46.6 Å². The van der Waals surface area contributed by atoms with Crippen molar-refractivity contribution < 1.29 is 4.74 Å². The predicted molar refractivity (Wildman–Crippen MR) is 62.3 cm³/mol. The summed E-state index contributed by atoms with van der Waals surface area (Å²) in [6.45, 7) is 10.6. The average Bonchev–Trinajstić information content (AvgIpc) is 2.16. The van der Waals surface area contributed by atoms with E-state index in [-0.39, 0.29) is 6.10 Å². The van der Waals surface area contributed by atoms with E-state index in [0.717, 1.165) is 18.5 Å². The van der Waals surface area contributed by atoms with Gasteiger partial charge in [-0.05, 0) is 0 Å². The van der Waals surface area contributed by atoms with Crippen molar-refractivity contribution in [3.63, 3.8) is 0 Å². The first kappa shape index (κ1) is 11.3. The molecule has 1 aromatic rings. The summed E-state index contributed by atoms with van der Waals surface area (Å²) >= 11 is 0. The van der Waals surface area contributed by atoms with Gasteiger partial charge in [0.1, 0.15) is 0 Å². The van der Waals surface area contributed by atoms with E-state index in [0.29, 0.717) is 0 Å². The van der Waals surface area contributed by atoms with Crippen LogP contribution in [-0.4, -0.2) is 13.0 Å². The summed E-state index contributed by atoms with van der Waals surface area (Å²) in [4.78, 5) is 0. The molecule has 0 atom stereocenters. The number of hydrogen-bond donors (Lipinski definition) is 0. The van der Waals surface area contributed by atoms with E-state index in [2.05, 4.69) is 46.6 Å². The second-order valence-corrected chi connectivity index (χ2v) is 3.77. The fraction of sp³-hybridized carbons (Fsp3) is 0.583. The molecule has 0 aliphatic rings. The van der Waals surface area contributed by atoms with Crippen molar-refractivity contribution in [1.29, 1.82) is 0 Å². The van der Waals surface area contributed by atoms with Gasteiger partial charge in [-0.1, -0.05) is 0 Å². The van der Waals surface area contributed by atoms with E-state index in [1.165, 1.54) is 11.1 Å². The molecule has 1 heterocycles. The fourth-order valence-electron chi connectivity index (χ4n) is 1.71. The van der Waals surface area contributed by atoms with Crippen LogP contribution < -0.4 is 4.74 Å². The van der Waals surface area contributed by atoms with Crippen LogP contribution in [0.4, 0.5) is 0 Å². The van der Waals surface area contributed by atoms with Crippen LogP contribution in [0.2, 0.25) is 0 Å². The van der Waals surface area contributed by atoms with Crippen molar-refractivity contribution in [2.24, 2.45) is 0 Å². The number of hydrogen-bond acceptors (Lipinski definition) is 1. The van der Waals surface area contributed by atoms with Crippen LogP contribution in [-0.2, 0) is 12.8 Å². The van der Waals surface area contributed by atoms with Crippen LogP contribution in [0.1, 0.15) is 38.8 Å². The molecular formula is C12H19BO. The predicted octanol–water partition coefficient (Wildman–Crippen LogP) is 2.94. The van der Waals surface area contributed by atoms with E-state index < -0.39 is 0 Å². The quantitative estimate of drug-likeness (QED) is 0.709. The molecule has 0 amide bonds.